The van der Waals surface area contributed by atoms with Gasteiger partial charge in [0, 0.05) is 19.7 Å². The maximum absolute atomic E-state index is 10.7. The van der Waals surface area contributed by atoms with Crippen molar-refractivity contribution in [3.05, 3.63) is 0 Å². The summed E-state index contributed by atoms with van der Waals surface area (Å²) < 4.78 is 5.50. The number of carbonyl (C=O) groups is 1. The van der Waals surface area contributed by atoms with Crippen molar-refractivity contribution < 1.29 is 14.6 Å². The highest BCUT2D eigenvalue weighted by atomic mass is 16.5. The van der Waals surface area contributed by atoms with E-state index < -0.39 is 5.97 Å². The standard InChI is InChI=1S/C13H27NO3/c1-11(2)5-7-17-8-6-14(9-12(3)4)10-13(15)16/h11-12H,5-10H2,1-4H3,(H,15,16). The van der Waals surface area contributed by atoms with Crippen molar-refractivity contribution in [1.29, 1.82) is 0 Å². The number of aliphatic carboxylic acids is 1. The van der Waals surface area contributed by atoms with Crippen molar-refractivity contribution in [2.45, 2.75) is 34.1 Å². The molecule has 17 heavy (non-hydrogen) atoms. The Morgan fingerprint density at radius 2 is 1.82 bits per heavy atom. The summed E-state index contributed by atoms with van der Waals surface area (Å²) in [5.41, 5.74) is 0. The van der Waals surface area contributed by atoms with Gasteiger partial charge in [0.2, 0.25) is 0 Å². The summed E-state index contributed by atoms with van der Waals surface area (Å²) >= 11 is 0. The van der Waals surface area contributed by atoms with Crippen LogP contribution in [-0.4, -0.2) is 48.8 Å². The van der Waals surface area contributed by atoms with E-state index in [2.05, 4.69) is 27.7 Å². The topological polar surface area (TPSA) is 49.8 Å². The zero-order chi connectivity index (χ0) is 13.3. The van der Waals surface area contributed by atoms with Gasteiger partial charge in [0.05, 0.1) is 13.2 Å². The van der Waals surface area contributed by atoms with E-state index >= 15 is 0 Å². The monoisotopic (exact) mass is 245 g/mol. The first-order valence-electron chi connectivity index (χ1n) is 6.43. The lowest BCUT2D eigenvalue weighted by atomic mass is 10.1. The van der Waals surface area contributed by atoms with Gasteiger partial charge < -0.3 is 9.84 Å². The highest BCUT2D eigenvalue weighted by Gasteiger charge is 2.10. The maximum atomic E-state index is 10.7. The van der Waals surface area contributed by atoms with Crippen LogP contribution >= 0.6 is 0 Å². The molecule has 0 bridgehead atoms. The van der Waals surface area contributed by atoms with E-state index in [1.807, 2.05) is 4.90 Å². The molecule has 0 saturated carbocycles. The fraction of sp³-hybridized carbons (Fsp3) is 0.923. The summed E-state index contributed by atoms with van der Waals surface area (Å²) in [6.45, 7) is 11.5. The van der Waals surface area contributed by atoms with Gasteiger partial charge in [-0.25, -0.2) is 0 Å². The Kier molecular flexibility index (Phi) is 9.09. The third kappa shape index (κ3) is 11.6. The molecule has 0 fully saturated rings. The molecule has 0 amide bonds. The van der Waals surface area contributed by atoms with Gasteiger partial charge in [-0.15, -0.1) is 0 Å². The predicted molar refractivity (Wildman–Crippen MR) is 69.2 cm³/mol. The molecule has 0 aliphatic heterocycles. The van der Waals surface area contributed by atoms with Crippen molar-refractivity contribution in [3.63, 3.8) is 0 Å². The van der Waals surface area contributed by atoms with Gasteiger partial charge in [0.15, 0.2) is 0 Å². The van der Waals surface area contributed by atoms with Crippen LogP contribution in [0.2, 0.25) is 0 Å². The van der Waals surface area contributed by atoms with Crippen LogP contribution in [0.1, 0.15) is 34.1 Å². The van der Waals surface area contributed by atoms with E-state index in [-0.39, 0.29) is 6.54 Å². The molecule has 102 valence electrons. The van der Waals surface area contributed by atoms with Crippen molar-refractivity contribution in [3.8, 4) is 0 Å². The molecule has 4 heteroatoms. The minimum Gasteiger partial charge on any atom is -0.480 e. The number of carboxylic acids is 1. The van der Waals surface area contributed by atoms with Crippen molar-refractivity contribution in [2.75, 3.05) is 32.8 Å². The summed E-state index contributed by atoms with van der Waals surface area (Å²) in [5, 5.41) is 8.79. The molecule has 0 aromatic rings. The van der Waals surface area contributed by atoms with Crippen LogP contribution in [0.5, 0.6) is 0 Å². The van der Waals surface area contributed by atoms with Gasteiger partial charge in [-0.1, -0.05) is 27.7 Å². The van der Waals surface area contributed by atoms with Crippen LogP contribution < -0.4 is 0 Å². The number of ether oxygens (including phenoxy) is 1. The molecule has 4 nitrogen and oxygen atoms in total. The molecule has 0 aromatic heterocycles. The van der Waals surface area contributed by atoms with E-state index in [4.69, 9.17) is 9.84 Å². The average molecular weight is 245 g/mol. The molecule has 0 atom stereocenters. The van der Waals surface area contributed by atoms with Gasteiger partial charge >= 0.3 is 5.97 Å². The van der Waals surface area contributed by atoms with E-state index in [0.29, 0.717) is 25.0 Å². The maximum Gasteiger partial charge on any atom is 0.317 e. The van der Waals surface area contributed by atoms with Gasteiger partial charge in [-0.05, 0) is 18.3 Å². The van der Waals surface area contributed by atoms with Gasteiger partial charge in [0.1, 0.15) is 0 Å². The SMILES string of the molecule is CC(C)CCOCCN(CC(=O)O)CC(C)C. The highest BCUT2D eigenvalue weighted by Crippen LogP contribution is 2.01. The summed E-state index contributed by atoms with van der Waals surface area (Å²) in [4.78, 5) is 12.6. The van der Waals surface area contributed by atoms with Crippen LogP contribution in [0.4, 0.5) is 0 Å². The quantitative estimate of drug-likeness (QED) is 0.599. The number of hydrogen-bond acceptors (Lipinski definition) is 3. The Labute approximate surface area is 105 Å². The number of carboxylic acid groups (broad SMARTS) is 1. The third-order valence-corrected chi connectivity index (χ3v) is 2.37. The molecular weight excluding hydrogens is 218 g/mol. The van der Waals surface area contributed by atoms with Crippen LogP contribution in [-0.2, 0) is 9.53 Å². The first kappa shape index (κ1) is 16.4. The van der Waals surface area contributed by atoms with Gasteiger partial charge in [-0.3, -0.25) is 9.69 Å². The van der Waals surface area contributed by atoms with Crippen molar-refractivity contribution in [1.82, 2.24) is 4.90 Å². The summed E-state index contributed by atoms with van der Waals surface area (Å²) in [7, 11) is 0. The smallest absolute Gasteiger partial charge is 0.317 e. The number of hydrogen-bond donors (Lipinski definition) is 1. The molecule has 0 radical (unpaired) electrons. The van der Waals surface area contributed by atoms with Crippen LogP contribution in [0.3, 0.4) is 0 Å². The normalized spacial score (nSPS) is 11.7. The molecule has 1 N–H and O–H groups in total. The Bertz CT molecular complexity index is 205. The second-order valence-electron chi connectivity index (χ2n) is 5.32. The zero-order valence-electron chi connectivity index (χ0n) is 11.6. The predicted octanol–water partition coefficient (Wildman–Crippen LogP) is 2.09. The van der Waals surface area contributed by atoms with Gasteiger partial charge in [0.25, 0.3) is 0 Å². The van der Waals surface area contributed by atoms with E-state index in [0.717, 1.165) is 19.6 Å². The lowest BCUT2D eigenvalue weighted by Crippen LogP contribution is -2.35. The molecule has 0 heterocycles. The van der Waals surface area contributed by atoms with Gasteiger partial charge in [-0.2, -0.15) is 0 Å². The third-order valence-electron chi connectivity index (χ3n) is 2.37. The first-order valence-corrected chi connectivity index (χ1v) is 6.43. The molecule has 0 rings (SSSR count). The van der Waals surface area contributed by atoms with Crippen LogP contribution in [0.15, 0.2) is 0 Å². The summed E-state index contributed by atoms with van der Waals surface area (Å²) in [6, 6.07) is 0. The summed E-state index contributed by atoms with van der Waals surface area (Å²) in [5.74, 6) is 0.360. The van der Waals surface area contributed by atoms with Crippen molar-refractivity contribution >= 4 is 5.97 Å². The minimum absolute atomic E-state index is 0.103. The molecule has 0 spiro atoms. The fourth-order valence-electron chi connectivity index (χ4n) is 1.56. The second kappa shape index (κ2) is 9.42. The lowest BCUT2D eigenvalue weighted by Gasteiger charge is -2.22. The first-order chi connectivity index (χ1) is 7.91. The van der Waals surface area contributed by atoms with Crippen LogP contribution in [0.25, 0.3) is 0 Å². The van der Waals surface area contributed by atoms with Crippen molar-refractivity contribution in [2.24, 2.45) is 11.8 Å². The Balaban J connectivity index is 3.71. The molecule has 0 saturated heterocycles. The van der Waals surface area contributed by atoms with E-state index in [1.54, 1.807) is 0 Å². The minimum atomic E-state index is -0.771. The molecule has 0 aromatic carbocycles. The fourth-order valence-corrected chi connectivity index (χ4v) is 1.56. The average Bonchev–Trinajstić information content (AvgIpc) is 2.14. The molecule has 0 aliphatic rings. The lowest BCUT2D eigenvalue weighted by molar-refractivity contribution is -0.138. The van der Waals surface area contributed by atoms with E-state index in [9.17, 15) is 4.79 Å². The molecular formula is C13H27NO3. The highest BCUT2D eigenvalue weighted by molar-refractivity contribution is 5.69. The Hall–Kier alpha value is -0.610. The zero-order valence-corrected chi connectivity index (χ0v) is 11.6. The van der Waals surface area contributed by atoms with E-state index in [1.165, 1.54) is 0 Å². The largest absolute Gasteiger partial charge is 0.480 e. The molecule has 0 aliphatic carbocycles. The Morgan fingerprint density at radius 3 is 2.29 bits per heavy atom. The second-order valence-corrected chi connectivity index (χ2v) is 5.32. The number of rotatable bonds is 10. The summed E-state index contributed by atoms with van der Waals surface area (Å²) in [6.07, 6.45) is 1.06. The van der Waals surface area contributed by atoms with Crippen LogP contribution in [0, 0.1) is 11.8 Å². The Morgan fingerprint density at radius 1 is 1.18 bits per heavy atom. The number of nitrogens with zero attached hydrogens (tertiary/aromatic N) is 1. The molecule has 0 unspecified atom stereocenters.